The van der Waals surface area contributed by atoms with Crippen molar-refractivity contribution in [1.82, 2.24) is 9.88 Å². The molecule has 0 atom stereocenters. The first-order valence-electron chi connectivity index (χ1n) is 6.73. The van der Waals surface area contributed by atoms with Crippen molar-refractivity contribution in [3.63, 3.8) is 0 Å². The summed E-state index contributed by atoms with van der Waals surface area (Å²) in [5.74, 6) is 0.438. The highest BCUT2D eigenvalue weighted by molar-refractivity contribution is 6.30. The molecule has 22 heavy (non-hydrogen) atoms. The quantitative estimate of drug-likeness (QED) is 0.873. The lowest BCUT2D eigenvalue weighted by Gasteiger charge is -2.38. The molecular weight excluding hydrogens is 302 g/mol. The molecule has 1 saturated heterocycles. The molecule has 0 radical (unpaired) electrons. The number of nitriles is 1. The maximum absolute atomic E-state index is 12.2. The van der Waals surface area contributed by atoms with Gasteiger partial charge < -0.3 is 9.64 Å². The van der Waals surface area contributed by atoms with Crippen molar-refractivity contribution in [2.45, 2.75) is 6.10 Å². The molecule has 1 aromatic heterocycles. The Morgan fingerprint density at radius 1 is 1.27 bits per heavy atom. The van der Waals surface area contributed by atoms with Gasteiger partial charge in [0, 0.05) is 17.8 Å². The van der Waals surface area contributed by atoms with E-state index in [1.54, 1.807) is 41.3 Å². The number of aromatic nitrogens is 1. The van der Waals surface area contributed by atoms with Gasteiger partial charge in [-0.05, 0) is 30.3 Å². The van der Waals surface area contributed by atoms with E-state index < -0.39 is 0 Å². The van der Waals surface area contributed by atoms with Crippen LogP contribution in [0.2, 0.25) is 5.02 Å². The SMILES string of the molecule is N#Cc1ccc(C(=O)N2CC(Oc3ccc(Cl)cn3)C2)cc1. The molecule has 2 heterocycles. The Bertz CT molecular complexity index is 717. The molecule has 1 amide bonds. The van der Waals surface area contributed by atoms with E-state index in [9.17, 15) is 4.79 Å². The molecule has 2 aromatic rings. The highest BCUT2D eigenvalue weighted by Crippen LogP contribution is 2.19. The predicted molar refractivity (Wildman–Crippen MR) is 80.7 cm³/mol. The summed E-state index contributed by atoms with van der Waals surface area (Å²) in [4.78, 5) is 18.0. The van der Waals surface area contributed by atoms with E-state index in [4.69, 9.17) is 21.6 Å². The van der Waals surface area contributed by atoms with Gasteiger partial charge in [0.25, 0.3) is 5.91 Å². The smallest absolute Gasteiger partial charge is 0.254 e. The fraction of sp³-hybridized carbons (Fsp3) is 0.188. The number of amides is 1. The van der Waals surface area contributed by atoms with Gasteiger partial charge >= 0.3 is 0 Å². The van der Waals surface area contributed by atoms with Crippen molar-refractivity contribution in [3.05, 3.63) is 58.7 Å². The van der Waals surface area contributed by atoms with Crippen LogP contribution in [0.3, 0.4) is 0 Å². The number of benzene rings is 1. The van der Waals surface area contributed by atoms with Gasteiger partial charge in [0.05, 0.1) is 29.7 Å². The Morgan fingerprint density at radius 2 is 2.00 bits per heavy atom. The Kier molecular flexibility index (Phi) is 3.94. The van der Waals surface area contributed by atoms with Crippen molar-refractivity contribution in [1.29, 1.82) is 5.26 Å². The number of ether oxygens (including phenoxy) is 1. The molecule has 3 rings (SSSR count). The molecule has 0 aliphatic carbocycles. The van der Waals surface area contributed by atoms with Gasteiger partial charge in [-0.25, -0.2) is 4.98 Å². The summed E-state index contributed by atoms with van der Waals surface area (Å²) >= 11 is 5.76. The molecule has 1 aliphatic rings. The number of halogens is 1. The van der Waals surface area contributed by atoms with Crippen LogP contribution in [0.1, 0.15) is 15.9 Å². The van der Waals surface area contributed by atoms with Crippen molar-refractivity contribution in [3.8, 4) is 11.9 Å². The summed E-state index contributed by atoms with van der Waals surface area (Å²) in [5.41, 5.74) is 1.11. The highest BCUT2D eigenvalue weighted by Gasteiger charge is 2.33. The highest BCUT2D eigenvalue weighted by atomic mass is 35.5. The number of pyridine rings is 1. The molecule has 110 valence electrons. The van der Waals surface area contributed by atoms with E-state index >= 15 is 0 Å². The molecule has 1 aromatic carbocycles. The molecule has 0 bridgehead atoms. The minimum atomic E-state index is -0.0617. The van der Waals surface area contributed by atoms with E-state index in [0.29, 0.717) is 35.1 Å². The first kappa shape index (κ1) is 14.4. The zero-order valence-corrected chi connectivity index (χ0v) is 12.3. The van der Waals surface area contributed by atoms with Crippen molar-refractivity contribution in [2.24, 2.45) is 0 Å². The molecular formula is C16H12ClN3O2. The Morgan fingerprint density at radius 3 is 2.59 bits per heavy atom. The summed E-state index contributed by atoms with van der Waals surface area (Å²) in [7, 11) is 0. The maximum Gasteiger partial charge on any atom is 0.254 e. The van der Waals surface area contributed by atoms with Crippen LogP contribution in [0, 0.1) is 11.3 Å². The molecule has 1 aliphatic heterocycles. The van der Waals surface area contributed by atoms with Gasteiger partial charge in [-0.2, -0.15) is 5.26 Å². The third-order valence-corrected chi connectivity index (χ3v) is 3.61. The van der Waals surface area contributed by atoms with E-state index in [0.717, 1.165) is 0 Å². The van der Waals surface area contributed by atoms with E-state index in [1.807, 2.05) is 6.07 Å². The second kappa shape index (κ2) is 6.04. The Hall–Kier alpha value is -2.58. The lowest BCUT2D eigenvalue weighted by molar-refractivity contribution is 0.0160. The number of likely N-dealkylation sites (tertiary alicyclic amines) is 1. The van der Waals surface area contributed by atoms with Crippen molar-refractivity contribution in [2.75, 3.05) is 13.1 Å². The largest absolute Gasteiger partial charge is 0.471 e. The molecule has 0 unspecified atom stereocenters. The van der Waals surface area contributed by atoms with Crippen LogP contribution in [0.4, 0.5) is 0 Å². The van der Waals surface area contributed by atoms with Crippen molar-refractivity contribution < 1.29 is 9.53 Å². The fourth-order valence-corrected chi connectivity index (χ4v) is 2.26. The van der Waals surface area contributed by atoms with Crippen LogP contribution >= 0.6 is 11.6 Å². The number of nitrogens with zero attached hydrogens (tertiary/aromatic N) is 3. The zero-order chi connectivity index (χ0) is 15.5. The summed E-state index contributed by atoms with van der Waals surface area (Å²) in [6.45, 7) is 1.03. The average Bonchev–Trinajstić information content (AvgIpc) is 2.52. The topological polar surface area (TPSA) is 66.2 Å². The van der Waals surface area contributed by atoms with Gasteiger partial charge in [0.1, 0.15) is 6.10 Å². The van der Waals surface area contributed by atoms with Crippen LogP contribution in [-0.4, -0.2) is 35.0 Å². The van der Waals surface area contributed by atoms with E-state index in [1.165, 1.54) is 6.20 Å². The first-order valence-corrected chi connectivity index (χ1v) is 7.11. The second-order valence-electron chi connectivity index (χ2n) is 4.95. The fourth-order valence-electron chi connectivity index (χ4n) is 2.15. The molecule has 0 N–H and O–H groups in total. The summed E-state index contributed by atoms with van der Waals surface area (Å²) in [5, 5.41) is 9.30. The van der Waals surface area contributed by atoms with Crippen LogP contribution in [0.5, 0.6) is 5.88 Å². The molecule has 6 heteroatoms. The predicted octanol–water partition coefficient (Wildman–Crippen LogP) is 2.51. The zero-order valence-electron chi connectivity index (χ0n) is 11.6. The number of rotatable bonds is 3. The van der Waals surface area contributed by atoms with Gasteiger partial charge in [-0.15, -0.1) is 0 Å². The van der Waals surface area contributed by atoms with Gasteiger partial charge in [-0.1, -0.05) is 11.6 Å². The van der Waals surface area contributed by atoms with E-state index in [-0.39, 0.29) is 12.0 Å². The standard InChI is InChI=1S/C16H12ClN3O2/c17-13-5-6-15(19-8-13)22-14-9-20(10-14)16(21)12-3-1-11(7-18)2-4-12/h1-6,8,14H,9-10H2. The molecule has 0 spiro atoms. The third kappa shape index (κ3) is 3.02. The number of carbonyl (C=O) groups is 1. The second-order valence-corrected chi connectivity index (χ2v) is 5.39. The average molecular weight is 314 g/mol. The summed E-state index contributed by atoms with van der Waals surface area (Å²) < 4.78 is 5.65. The minimum absolute atomic E-state index is 0.0593. The van der Waals surface area contributed by atoms with Gasteiger partial charge in [0.15, 0.2) is 0 Å². The first-order chi connectivity index (χ1) is 10.7. The molecule has 0 saturated carbocycles. The van der Waals surface area contributed by atoms with Crippen LogP contribution in [0.15, 0.2) is 42.6 Å². The number of hydrogen-bond acceptors (Lipinski definition) is 4. The summed E-state index contributed by atoms with van der Waals surface area (Å²) in [6, 6.07) is 12.0. The van der Waals surface area contributed by atoms with Crippen LogP contribution in [-0.2, 0) is 0 Å². The Labute approximate surface area is 132 Å². The van der Waals surface area contributed by atoms with Crippen LogP contribution < -0.4 is 4.74 Å². The minimum Gasteiger partial charge on any atom is -0.471 e. The third-order valence-electron chi connectivity index (χ3n) is 3.38. The lowest BCUT2D eigenvalue weighted by atomic mass is 10.1. The summed E-state index contributed by atoms with van der Waals surface area (Å²) in [6.07, 6.45) is 1.46. The molecule has 5 nitrogen and oxygen atoms in total. The normalized spacial score (nSPS) is 14.1. The molecule has 1 fully saturated rings. The lowest BCUT2D eigenvalue weighted by Crippen LogP contribution is -2.56. The van der Waals surface area contributed by atoms with Crippen molar-refractivity contribution >= 4 is 17.5 Å². The number of hydrogen-bond donors (Lipinski definition) is 0. The monoisotopic (exact) mass is 313 g/mol. The van der Waals surface area contributed by atoms with Gasteiger partial charge in [-0.3, -0.25) is 4.79 Å². The van der Waals surface area contributed by atoms with E-state index in [2.05, 4.69) is 4.98 Å². The van der Waals surface area contributed by atoms with Gasteiger partial charge in [0.2, 0.25) is 5.88 Å². The van der Waals surface area contributed by atoms with Crippen LogP contribution in [0.25, 0.3) is 0 Å². The maximum atomic E-state index is 12.2. The Balaban J connectivity index is 1.55. The number of carbonyl (C=O) groups excluding carboxylic acids is 1.